The van der Waals surface area contributed by atoms with Gasteiger partial charge in [0.05, 0.1) is 9.09 Å². The van der Waals surface area contributed by atoms with Crippen LogP contribution in [0.5, 0.6) is 0 Å². The smallest absolute Gasteiger partial charge is 0.335 e. The molecule has 0 spiro atoms. The third-order valence-electron chi connectivity index (χ3n) is 7.51. The molecule has 0 radical (unpaired) electrons. The van der Waals surface area contributed by atoms with Gasteiger partial charge in [-0.1, -0.05) is 26.7 Å². The van der Waals surface area contributed by atoms with Gasteiger partial charge in [0.25, 0.3) is 0 Å². The average Bonchev–Trinajstić information content (AvgIpc) is 3.58. The Bertz CT molecular complexity index is 1240. The largest absolute Gasteiger partial charge is 0.471 e. The molecule has 3 heterocycles. The maximum atomic E-state index is 13.2. The fraction of sp³-hybridized carbons (Fsp3) is 0.615. The molecular weight excluding hydrogens is 537 g/mol. The molecule has 2 aliphatic carbocycles. The standard InChI is InChI=1S/C26H31F3N4O3S2/c1-25(2)13-17-20(19(34)14-25)22(37-16-5-3-4-6-16)38-21(17)18-9-12-33(31-18)24(36)30-15-7-10-32(11-8-15)23(35)26(27,28)29/h9,12,15-16H,3-8,10-11,13-14H2,1-2H3,(H,30,36). The molecule has 0 aromatic carbocycles. The van der Waals surface area contributed by atoms with Gasteiger partial charge in [-0.2, -0.15) is 23.0 Å². The number of fused-ring (bicyclic) bond motifs is 1. The first-order valence-corrected chi connectivity index (χ1v) is 14.7. The van der Waals surface area contributed by atoms with E-state index in [0.29, 0.717) is 17.4 Å². The van der Waals surface area contributed by atoms with Gasteiger partial charge in [-0.3, -0.25) is 9.59 Å². The van der Waals surface area contributed by atoms with Crippen molar-refractivity contribution in [3.05, 3.63) is 23.4 Å². The van der Waals surface area contributed by atoms with Crippen molar-refractivity contribution in [2.75, 3.05) is 13.1 Å². The number of thiophene rings is 1. The zero-order valence-corrected chi connectivity index (χ0v) is 23.0. The number of piperidine rings is 1. The number of carbonyl (C=O) groups is 3. The maximum absolute atomic E-state index is 13.2. The molecule has 1 saturated heterocycles. The van der Waals surface area contributed by atoms with Crippen LogP contribution in [0, 0.1) is 5.41 Å². The number of hydrogen-bond acceptors (Lipinski definition) is 6. The van der Waals surface area contributed by atoms with E-state index >= 15 is 0 Å². The molecule has 1 N–H and O–H groups in total. The van der Waals surface area contributed by atoms with Crippen LogP contribution in [0.1, 0.15) is 74.7 Å². The second kappa shape index (κ2) is 10.3. The summed E-state index contributed by atoms with van der Waals surface area (Å²) in [6, 6.07) is 0.945. The Kier molecular flexibility index (Phi) is 7.40. The van der Waals surface area contributed by atoms with E-state index in [1.807, 2.05) is 11.8 Å². The van der Waals surface area contributed by atoms with Gasteiger partial charge in [0, 0.05) is 42.6 Å². The Hall–Kier alpha value is -2.34. The van der Waals surface area contributed by atoms with Crippen molar-refractivity contribution in [1.29, 1.82) is 0 Å². The SMILES string of the molecule is CC1(C)CC(=O)c2c(SC3CCCC3)sc(-c3ccn(C(=O)NC4CCN(C(=O)C(F)(F)F)CC4)n3)c2C1. The van der Waals surface area contributed by atoms with E-state index in [-0.39, 0.29) is 43.2 Å². The highest BCUT2D eigenvalue weighted by Crippen LogP contribution is 2.50. The Labute approximate surface area is 227 Å². The molecule has 0 unspecified atom stereocenters. The van der Waals surface area contributed by atoms with E-state index in [1.54, 1.807) is 23.6 Å². The van der Waals surface area contributed by atoms with Crippen molar-refractivity contribution in [2.45, 2.75) is 86.9 Å². The summed E-state index contributed by atoms with van der Waals surface area (Å²) in [4.78, 5) is 39.2. The van der Waals surface area contributed by atoms with Crippen LogP contribution in [0.25, 0.3) is 10.6 Å². The lowest BCUT2D eigenvalue weighted by Crippen LogP contribution is -2.50. The summed E-state index contributed by atoms with van der Waals surface area (Å²) < 4.78 is 40.3. The van der Waals surface area contributed by atoms with Crippen molar-refractivity contribution < 1.29 is 27.6 Å². The number of Topliss-reactive ketones (excluding diaryl/α,β-unsaturated/α-hetero) is 1. The summed E-state index contributed by atoms with van der Waals surface area (Å²) in [6.45, 7) is 4.05. The molecule has 2 aromatic heterocycles. The summed E-state index contributed by atoms with van der Waals surface area (Å²) in [7, 11) is 0. The molecular formula is C26H31F3N4O3S2. The Morgan fingerprint density at radius 2 is 1.82 bits per heavy atom. The topological polar surface area (TPSA) is 84.3 Å². The number of nitrogens with zero attached hydrogens (tertiary/aromatic N) is 3. The molecule has 38 heavy (non-hydrogen) atoms. The first-order chi connectivity index (χ1) is 17.9. The minimum Gasteiger partial charge on any atom is -0.335 e. The third-order valence-corrected chi connectivity index (χ3v) is 10.3. The van der Waals surface area contributed by atoms with Gasteiger partial charge in [-0.25, -0.2) is 4.79 Å². The van der Waals surface area contributed by atoms with Gasteiger partial charge >= 0.3 is 18.1 Å². The van der Waals surface area contributed by atoms with Crippen LogP contribution in [0.15, 0.2) is 16.5 Å². The second-order valence-electron chi connectivity index (χ2n) is 11.2. The van der Waals surface area contributed by atoms with Crippen LogP contribution in [0.4, 0.5) is 18.0 Å². The van der Waals surface area contributed by atoms with E-state index in [4.69, 9.17) is 0 Å². The quantitative estimate of drug-likeness (QED) is 0.496. The highest BCUT2D eigenvalue weighted by Gasteiger charge is 2.43. The Morgan fingerprint density at radius 1 is 1.13 bits per heavy atom. The number of aromatic nitrogens is 2. The fourth-order valence-electron chi connectivity index (χ4n) is 5.61. The van der Waals surface area contributed by atoms with E-state index in [9.17, 15) is 27.6 Å². The van der Waals surface area contributed by atoms with Gasteiger partial charge in [-0.05, 0) is 49.1 Å². The summed E-state index contributed by atoms with van der Waals surface area (Å²) in [5.41, 5.74) is 2.33. The number of amides is 2. The number of nitrogens with one attached hydrogen (secondary N) is 1. The monoisotopic (exact) mass is 568 g/mol. The number of likely N-dealkylation sites (tertiary alicyclic amines) is 1. The molecule has 1 saturated carbocycles. The molecule has 2 fully saturated rings. The minimum atomic E-state index is -4.89. The highest BCUT2D eigenvalue weighted by atomic mass is 32.2. The molecule has 1 aliphatic heterocycles. The molecule has 7 nitrogen and oxygen atoms in total. The fourth-order valence-corrected chi connectivity index (χ4v) is 8.72. The Morgan fingerprint density at radius 3 is 2.47 bits per heavy atom. The zero-order chi connectivity index (χ0) is 27.2. The lowest BCUT2D eigenvalue weighted by molar-refractivity contribution is -0.186. The van der Waals surface area contributed by atoms with Crippen molar-refractivity contribution in [3.63, 3.8) is 0 Å². The van der Waals surface area contributed by atoms with Gasteiger partial charge in [0.15, 0.2) is 5.78 Å². The van der Waals surface area contributed by atoms with Crippen molar-refractivity contribution in [1.82, 2.24) is 20.0 Å². The molecule has 0 bridgehead atoms. The van der Waals surface area contributed by atoms with Crippen LogP contribution in [-0.2, 0) is 11.2 Å². The van der Waals surface area contributed by atoms with Crippen LogP contribution in [-0.4, -0.2) is 63.0 Å². The van der Waals surface area contributed by atoms with E-state index in [0.717, 1.165) is 44.4 Å². The zero-order valence-electron chi connectivity index (χ0n) is 21.4. The first kappa shape index (κ1) is 27.2. The summed E-state index contributed by atoms with van der Waals surface area (Å²) in [6.07, 6.45) is 3.17. The van der Waals surface area contributed by atoms with Gasteiger partial charge < -0.3 is 10.2 Å². The molecule has 0 atom stereocenters. The number of carbonyl (C=O) groups excluding carboxylic acids is 3. The van der Waals surface area contributed by atoms with Gasteiger partial charge in [0.2, 0.25) is 0 Å². The molecule has 206 valence electrons. The number of thioether (sulfide) groups is 1. The number of alkyl halides is 3. The minimum absolute atomic E-state index is 0.0692. The number of rotatable bonds is 4. The normalized spacial score (nSPS) is 20.6. The maximum Gasteiger partial charge on any atom is 0.471 e. The molecule has 3 aliphatic rings. The van der Waals surface area contributed by atoms with Crippen LogP contribution in [0.2, 0.25) is 0 Å². The van der Waals surface area contributed by atoms with E-state index < -0.39 is 18.1 Å². The van der Waals surface area contributed by atoms with Crippen LogP contribution in [0.3, 0.4) is 0 Å². The predicted octanol–water partition coefficient (Wildman–Crippen LogP) is 5.91. The number of halogens is 3. The third kappa shape index (κ3) is 5.66. The predicted molar refractivity (Wildman–Crippen MR) is 140 cm³/mol. The van der Waals surface area contributed by atoms with Crippen molar-refractivity contribution in [2.24, 2.45) is 5.41 Å². The molecule has 12 heteroatoms. The number of hydrogen-bond donors (Lipinski definition) is 1. The summed E-state index contributed by atoms with van der Waals surface area (Å²) >= 11 is 3.40. The van der Waals surface area contributed by atoms with Crippen LogP contribution < -0.4 is 5.32 Å². The second-order valence-corrected chi connectivity index (χ2v) is 13.8. The van der Waals surface area contributed by atoms with Crippen molar-refractivity contribution >= 4 is 40.8 Å². The lowest BCUT2D eigenvalue weighted by Gasteiger charge is -2.32. The first-order valence-electron chi connectivity index (χ1n) is 13.0. The van der Waals surface area contributed by atoms with E-state index in [1.165, 1.54) is 17.5 Å². The lowest BCUT2D eigenvalue weighted by atomic mass is 9.74. The molecule has 2 amide bonds. The highest BCUT2D eigenvalue weighted by molar-refractivity contribution is 8.01. The van der Waals surface area contributed by atoms with Gasteiger partial charge in [0.1, 0.15) is 5.69 Å². The van der Waals surface area contributed by atoms with Crippen LogP contribution >= 0.6 is 23.1 Å². The molecule has 2 aromatic rings. The van der Waals surface area contributed by atoms with E-state index in [2.05, 4.69) is 24.3 Å². The Balaban J connectivity index is 1.31. The van der Waals surface area contributed by atoms with Crippen molar-refractivity contribution in [3.8, 4) is 10.6 Å². The number of ketones is 1. The summed E-state index contributed by atoms with van der Waals surface area (Å²) in [5, 5.41) is 7.87. The summed E-state index contributed by atoms with van der Waals surface area (Å²) in [5.74, 6) is -1.67. The molecule has 5 rings (SSSR count). The van der Waals surface area contributed by atoms with Gasteiger partial charge in [-0.15, -0.1) is 23.1 Å². The average molecular weight is 569 g/mol.